The molecule has 0 spiro atoms. The molecule has 0 radical (unpaired) electrons. The summed E-state index contributed by atoms with van der Waals surface area (Å²) in [6.45, 7) is 0. The Kier molecular flexibility index (Phi) is 6.02. The molecule has 1 amide bonds. The topological polar surface area (TPSA) is 73.0 Å². The number of hydrogen-bond acceptors (Lipinski definition) is 5. The predicted molar refractivity (Wildman–Crippen MR) is 111 cm³/mol. The molecule has 1 aliphatic carbocycles. The molecule has 0 saturated heterocycles. The molecule has 28 heavy (non-hydrogen) atoms. The number of nitrogens with one attached hydrogen (secondary N) is 1. The third kappa shape index (κ3) is 4.42. The van der Waals surface area contributed by atoms with Crippen molar-refractivity contribution in [3.8, 4) is 11.6 Å². The van der Waals surface area contributed by atoms with Crippen molar-refractivity contribution in [3.63, 3.8) is 0 Å². The Morgan fingerprint density at radius 2 is 1.96 bits per heavy atom. The van der Waals surface area contributed by atoms with E-state index in [0.717, 1.165) is 29.5 Å². The first kappa shape index (κ1) is 19.1. The van der Waals surface area contributed by atoms with Crippen molar-refractivity contribution >= 4 is 35.0 Å². The number of aromatic nitrogens is 3. The van der Waals surface area contributed by atoms with Gasteiger partial charge in [0.15, 0.2) is 10.9 Å². The second kappa shape index (κ2) is 8.84. The van der Waals surface area contributed by atoms with E-state index in [9.17, 15) is 4.79 Å². The first-order valence-electron chi connectivity index (χ1n) is 9.38. The molecule has 1 N–H and O–H groups in total. The first-order valence-corrected chi connectivity index (χ1v) is 10.7. The fourth-order valence-electron chi connectivity index (χ4n) is 3.48. The van der Waals surface area contributed by atoms with Crippen molar-refractivity contribution in [3.05, 3.63) is 47.7 Å². The summed E-state index contributed by atoms with van der Waals surface area (Å²) in [7, 11) is 0. The molecule has 0 unspecified atom stereocenters. The number of anilines is 1. The van der Waals surface area contributed by atoms with E-state index < -0.39 is 0 Å². The van der Waals surface area contributed by atoms with Crippen molar-refractivity contribution < 1.29 is 9.21 Å². The molecular weight excluding hydrogens is 396 g/mol. The number of benzene rings is 1. The summed E-state index contributed by atoms with van der Waals surface area (Å²) >= 11 is 7.28. The number of carbonyl (C=O) groups is 1. The largest absolute Gasteiger partial charge is 0.461 e. The van der Waals surface area contributed by atoms with Gasteiger partial charge in [-0.15, -0.1) is 10.2 Å². The average Bonchev–Trinajstić information content (AvgIpc) is 3.38. The lowest BCUT2D eigenvalue weighted by atomic mass is 9.95. The molecule has 2 heterocycles. The maximum atomic E-state index is 12.4. The third-order valence-corrected chi connectivity index (χ3v) is 6.00. The fourth-order valence-corrected chi connectivity index (χ4v) is 4.41. The number of nitrogens with zero attached hydrogens (tertiary/aromatic N) is 3. The summed E-state index contributed by atoms with van der Waals surface area (Å²) in [5, 5.41) is 13.0. The van der Waals surface area contributed by atoms with Crippen LogP contribution in [0.5, 0.6) is 0 Å². The number of furan rings is 1. The van der Waals surface area contributed by atoms with Crippen molar-refractivity contribution in [2.24, 2.45) is 0 Å². The number of halogens is 1. The highest BCUT2D eigenvalue weighted by Crippen LogP contribution is 2.35. The zero-order valence-electron chi connectivity index (χ0n) is 15.3. The molecule has 1 aromatic carbocycles. The molecular formula is C20H21ClN4O2S. The van der Waals surface area contributed by atoms with Gasteiger partial charge in [0.05, 0.1) is 12.0 Å². The Bertz CT molecular complexity index is 918. The number of carbonyl (C=O) groups excluding carboxylic acids is 1. The molecule has 1 fully saturated rings. The van der Waals surface area contributed by atoms with Crippen LogP contribution in [0.3, 0.4) is 0 Å². The number of amides is 1. The molecule has 6 nitrogen and oxygen atoms in total. The van der Waals surface area contributed by atoms with Crippen LogP contribution in [-0.2, 0) is 4.79 Å². The molecule has 0 atom stereocenters. The Hall–Kier alpha value is -2.25. The van der Waals surface area contributed by atoms with Crippen molar-refractivity contribution in [2.75, 3.05) is 11.1 Å². The molecule has 1 aliphatic rings. The van der Waals surface area contributed by atoms with E-state index in [4.69, 9.17) is 16.0 Å². The normalized spacial score (nSPS) is 14.9. The lowest BCUT2D eigenvalue weighted by Gasteiger charge is -2.25. The zero-order chi connectivity index (χ0) is 19.3. The van der Waals surface area contributed by atoms with E-state index >= 15 is 0 Å². The third-order valence-electron chi connectivity index (χ3n) is 4.81. The number of thioether (sulfide) groups is 1. The van der Waals surface area contributed by atoms with Gasteiger partial charge >= 0.3 is 0 Å². The van der Waals surface area contributed by atoms with Crippen LogP contribution in [-0.4, -0.2) is 26.4 Å². The molecule has 1 saturated carbocycles. The molecule has 8 heteroatoms. The fraction of sp³-hybridized carbons (Fsp3) is 0.350. The molecule has 3 aromatic rings. The predicted octanol–water partition coefficient (Wildman–Crippen LogP) is 5.43. The van der Waals surface area contributed by atoms with E-state index in [-0.39, 0.29) is 11.7 Å². The number of rotatable bonds is 6. The second-order valence-corrected chi connectivity index (χ2v) is 8.17. The van der Waals surface area contributed by atoms with Crippen LogP contribution in [0.4, 0.5) is 5.69 Å². The quantitative estimate of drug-likeness (QED) is 0.542. The van der Waals surface area contributed by atoms with E-state index in [2.05, 4.69) is 20.1 Å². The van der Waals surface area contributed by atoms with Crippen LogP contribution in [0.15, 0.2) is 52.2 Å². The number of hydrogen-bond donors (Lipinski definition) is 1. The van der Waals surface area contributed by atoms with Gasteiger partial charge in [-0.1, -0.05) is 42.6 Å². The van der Waals surface area contributed by atoms with Gasteiger partial charge < -0.3 is 9.73 Å². The first-order chi connectivity index (χ1) is 13.7. The molecule has 0 bridgehead atoms. The lowest BCUT2D eigenvalue weighted by Crippen LogP contribution is -2.17. The van der Waals surface area contributed by atoms with Gasteiger partial charge in [-0.2, -0.15) is 0 Å². The van der Waals surface area contributed by atoms with Crippen LogP contribution in [0.1, 0.15) is 38.1 Å². The van der Waals surface area contributed by atoms with Gasteiger partial charge in [0.1, 0.15) is 0 Å². The van der Waals surface area contributed by atoms with Gasteiger partial charge in [0, 0.05) is 16.8 Å². The summed E-state index contributed by atoms with van der Waals surface area (Å²) in [5.41, 5.74) is 0.722. The minimum atomic E-state index is -0.0925. The summed E-state index contributed by atoms with van der Waals surface area (Å²) in [6, 6.07) is 11.1. The van der Waals surface area contributed by atoms with Gasteiger partial charge in [0.25, 0.3) is 0 Å². The van der Waals surface area contributed by atoms with E-state index in [1.54, 1.807) is 30.5 Å². The minimum Gasteiger partial charge on any atom is -0.461 e. The van der Waals surface area contributed by atoms with Crippen molar-refractivity contribution in [2.45, 2.75) is 43.3 Å². The maximum Gasteiger partial charge on any atom is 0.234 e. The van der Waals surface area contributed by atoms with Gasteiger partial charge in [0.2, 0.25) is 11.7 Å². The standard InChI is InChI=1S/C20H21ClN4O2S/c21-14-8-10-15(11-9-14)22-18(26)13-28-20-24-23-19(17-7-4-12-27-17)25(20)16-5-2-1-3-6-16/h4,7-12,16H,1-3,5-6,13H2,(H,22,26). The Labute approximate surface area is 172 Å². The van der Waals surface area contributed by atoms with E-state index in [1.807, 2.05) is 12.1 Å². The minimum absolute atomic E-state index is 0.0925. The highest BCUT2D eigenvalue weighted by atomic mass is 35.5. The maximum absolute atomic E-state index is 12.4. The summed E-state index contributed by atoms with van der Waals surface area (Å²) in [5.74, 6) is 1.60. The Balaban J connectivity index is 1.49. The van der Waals surface area contributed by atoms with Crippen LogP contribution < -0.4 is 5.32 Å². The van der Waals surface area contributed by atoms with Crippen molar-refractivity contribution in [1.29, 1.82) is 0 Å². The summed E-state index contributed by atoms with van der Waals surface area (Å²) in [6.07, 6.45) is 7.48. The Morgan fingerprint density at radius 1 is 1.18 bits per heavy atom. The SMILES string of the molecule is O=C(CSc1nnc(-c2ccco2)n1C1CCCCC1)Nc1ccc(Cl)cc1. The Morgan fingerprint density at radius 3 is 2.68 bits per heavy atom. The molecule has 0 aliphatic heterocycles. The van der Waals surface area contributed by atoms with E-state index in [0.29, 0.717) is 16.8 Å². The van der Waals surface area contributed by atoms with Gasteiger partial charge in [-0.05, 0) is 49.2 Å². The summed E-state index contributed by atoms with van der Waals surface area (Å²) in [4.78, 5) is 12.4. The molecule has 4 rings (SSSR count). The van der Waals surface area contributed by atoms with Gasteiger partial charge in [-0.25, -0.2) is 0 Å². The van der Waals surface area contributed by atoms with Crippen LogP contribution in [0.25, 0.3) is 11.6 Å². The highest BCUT2D eigenvalue weighted by Gasteiger charge is 2.25. The molecule has 2 aromatic heterocycles. The average molecular weight is 417 g/mol. The lowest BCUT2D eigenvalue weighted by molar-refractivity contribution is -0.113. The molecule has 146 valence electrons. The summed E-state index contributed by atoms with van der Waals surface area (Å²) < 4.78 is 7.71. The van der Waals surface area contributed by atoms with Crippen LogP contribution in [0.2, 0.25) is 5.02 Å². The second-order valence-electron chi connectivity index (χ2n) is 6.79. The van der Waals surface area contributed by atoms with Crippen LogP contribution in [0, 0.1) is 0 Å². The van der Waals surface area contributed by atoms with Crippen LogP contribution >= 0.6 is 23.4 Å². The van der Waals surface area contributed by atoms with E-state index in [1.165, 1.54) is 31.0 Å². The van der Waals surface area contributed by atoms with Gasteiger partial charge in [-0.3, -0.25) is 9.36 Å². The monoisotopic (exact) mass is 416 g/mol. The smallest absolute Gasteiger partial charge is 0.234 e. The zero-order valence-corrected chi connectivity index (χ0v) is 16.9. The highest BCUT2D eigenvalue weighted by molar-refractivity contribution is 7.99. The van der Waals surface area contributed by atoms with Crippen molar-refractivity contribution in [1.82, 2.24) is 14.8 Å².